The zero-order chi connectivity index (χ0) is 24.4. The molecule has 0 unspecified atom stereocenters. The fourth-order valence-corrected chi connectivity index (χ4v) is 3.62. The molecule has 0 spiro atoms. The molecule has 176 valence electrons. The van der Waals surface area contributed by atoms with Crippen LogP contribution in [0.4, 0.5) is 4.79 Å². The lowest BCUT2D eigenvalue weighted by atomic mass is 9.80. The first kappa shape index (κ1) is 24.3. The largest absolute Gasteiger partial charge is 0.444 e. The van der Waals surface area contributed by atoms with Crippen molar-refractivity contribution in [3.63, 3.8) is 0 Å². The van der Waals surface area contributed by atoms with Gasteiger partial charge < -0.3 is 19.5 Å². The van der Waals surface area contributed by atoms with Gasteiger partial charge in [0, 0.05) is 13.8 Å². The fraction of sp³-hybridized carbons (Fsp3) is 0.423. The highest BCUT2D eigenvalue weighted by Gasteiger charge is 2.54. The summed E-state index contributed by atoms with van der Waals surface area (Å²) in [6.07, 6.45) is -0.711. The number of benzene rings is 2. The van der Waals surface area contributed by atoms with Gasteiger partial charge in [0.15, 0.2) is 5.41 Å². The summed E-state index contributed by atoms with van der Waals surface area (Å²) in [5.41, 5.74) is 0.340. The van der Waals surface area contributed by atoms with E-state index in [0.29, 0.717) is 5.56 Å². The number of nitrogens with one attached hydrogen (secondary N) is 1. The summed E-state index contributed by atoms with van der Waals surface area (Å²) in [4.78, 5) is 38.3. The SMILES string of the molecule is CC(C)(C)OC(=O)N[C@@H](CC1(C)C(=O)OC(C)(C)OC1=O)c1cccc(-c2ccccc2)c1. The molecule has 33 heavy (non-hydrogen) atoms. The summed E-state index contributed by atoms with van der Waals surface area (Å²) in [5, 5.41) is 2.83. The number of carbonyl (C=O) groups is 3. The third-order valence-electron chi connectivity index (χ3n) is 5.28. The minimum absolute atomic E-state index is 0.0573. The Balaban J connectivity index is 1.96. The summed E-state index contributed by atoms with van der Waals surface area (Å²) in [5.74, 6) is -2.73. The first-order valence-corrected chi connectivity index (χ1v) is 10.9. The maximum Gasteiger partial charge on any atom is 0.408 e. The van der Waals surface area contributed by atoms with E-state index in [1.165, 1.54) is 20.8 Å². The van der Waals surface area contributed by atoms with Gasteiger partial charge in [0.05, 0.1) is 6.04 Å². The van der Waals surface area contributed by atoms with E-state index in [9.17, 15) is 14.4 Å². The Morgan fingerprint density at radius 1 is 0.939 bits per heavy atom. The molecule has 0 aromatic heterocycles. The number of esters is 2. The second-order valence-electron chi connectivity index (χ2n) is 9.91. The lowest BCUT2D eigenvalue weighted by Crippen LogP contribution is -2.53. The van der Waals surface area contributed by atoms with Crippen molar-refractivity contribution in [3.05, 3.63) is 60.2 Å². The van der Waals surface area contributed by atoms with E-state index in [-0.39, 0.29) is 6.42 Å². The van der Waals surface area contributed by atoms with E-state index < -0.39 is 40.9 Å². The van der Waals surface area contributed by atoms with Crippen molar-refractivity contribution in [1.29, 1.82) is 0 Å². The molecule has 0 bridgehead atoms. The van der Waals surface area contributed by atoms with Crippen molar-refractivity contribution in [2.75, 3.05) is 0 Å². The maximum atomic E-state index is 12.8. The number of amides is 1. The molecule has 3 rings (SSSR count). The third-order valence-corrected chi connectivity index (χ3v) is 5.28. The molecular weight excluding hydrogens is 422 g/mol. The van der Waals surface area contributed by atoms with Crippen LogP contribution < -0.4 is 5.32 Å². The van der Waals surface area contributed by atoms with Crippen molar-refractivity contribution >= 4 is 18.0 Å². The first-order chi connectivity index (χ1) is 15.3. The van der Waals surface area contributed by atoms with Crippen LogP contribution in [-0.2, 0) is 23.8 Å². The highest BCUT2D eigenvalue weighted by Crippen LogP contribution is 2.39. The van der Waals surface area contributed by atoms with Gasteiger partial charge in [-0.1, -0.05) is 48.5 Å². The Morgan fingerprint density at radius 3 is 2.09 bits per heavy atom. The van der Waals surface area contributed by atoms with Crippen LogP contribution in [0, 0.1) is 5.41 Å². The van der Waals surface area contributed by atoms with Crippen molar-refractivity contribution in [3.8, 4) is 11.1 Å². The normalized spacial score (nSPS) is 18.0. The molecule has 2 aromatic rings. The Kier molecular flexibility index (Phi) is 6.54. The van der Waals surface area contributed by atoms with E-state index in [4.69, 9.17) is 14.2 Å². The van der Waals surface area contributed by atoms with E-state index in [2.05, 4.69) is 5.32 Å². The molecular formula is C26H31NO6. The molecule has 0 aliphatic carbocycles. The number of cyclic esters (lactones) is 2. The van der Waals surface area contributed by atoms with E-state index in [1.807, 2.05) is 54.6 Å². The molecule has 7 nitrogen and oxygen atoms in total. The molecule has 0 radical (unpaired) electrons. The molecule has 1 heterocycles. The number of hydrogen-bond donors (Lipinski definition) is 1. The summed E-state index contributed by atoms with van der Waals surface area (Å²) < 4.78 is 16.1. The predicted octanol–water partition coefficient (Wildman–Crippen LogP) is 5.15. The van der Waals surface area contributed by atoms with Gasteiger partial charge in [0.2, 0.25) is 0 Å². The number of carbonyl (C=O) groups excluding carboxylic acids is 3. The lowest BCUT2D eigenvalue weighted by molar-refractivity contribution is -0.250. The van der Waals surface area contributed by atoms with Crippen molar-refractivity contribution in [2.45, 2.75) is 65.4 Å². The zero-order valence-corrected chi connectivity index (χ0v) is 19.9. The van der Waals surface area contributed by atoms with Crippen LogP contribution in [0.5, 0.6) is 0 Å². The van der Waals surface area contributed by atoms with Crippen molar-refractivity contribution in [2.24, 2.45) is 5.41 Å². The molecule has 7 heteroatoms. The van der Waals surface area contributed by atoms with Crippen LogP contribution >= 0.6 is 0 Å². The number of alkyl carbamates (subject to hydrolysis) is 1. The van der Waals surface area contributed by atoms with Crippen LogP contribution in [0.2, 0.25) is 0 Å². The van der Waals surface area contributed by atoms with Gasteiger partial charge >= 0.3 is 18.0 Å². The highest BCUT2D eigenvalue weighted by molar-refractivity contribution is 6.01. The molecule has 0 saturated carbocycles. The van der Waals surface area contributed by atoms with Crippen molar-refractivity contribution < 1.29 is 28.6 Å². The van der Waals surface area contributed by atoms with E-state index >= 15 is 0 Å². The predicted molar refractivity (Wildman–Crippen MR) is 123 cm³/mol. The zero-order valence-electron chi connectivity index (χ0n) is 19.9. The first-order valence-electron chi connectivity index (χ1n) is 10.9. The minimum Gasteiger partial charge on any atom is -0.444 e. The molecule has 1 aliphatic heterocycles. The molecule has 1 amide bonds. The molecule has 1 fully saturated rings. The van der Waals surface area contributed by atoms with Gasteiger partial charge in [-0.05, 0) is 56.9 Å². The topological polar surface area (TPSA) is 90.9 Å². The number of hydrogen-bond acceptors (Lipinski definition) is 6. The average molecular weight is 454 g/mol. The molecule has 1 saturated heterocycles. The van der Waals surface area contributed by atoms with Gasteiger partial charge in [-0.2, -0.15) is 0 Å². The lowest BCUT2D eigenvalue weighted by Gasteiger charge is -2.39. The molecule has 1 aliphatic rings. The fourth-order valence-electron chi connectivity index (χ4n) is 3.62. The van der Waals surface area contributed by atoms with Crippen LogP contribution in [0.1, 0.15) is 59.6 Å². The van der Waals surface area contributed by atoms with E-state index in [1.54, 1.807) is 20.8 Å². The van der Waals surface area contributed by atoms with Crippen LogP contribution in [0.15, 0.2) is 54.6 Å². The molecule has 1 atom stereocenters. The number of rotatable bonds is 5. The second kappa shape index (κ2) is 8.89. The van der Waals surface area contributed by atoms with E-state index in [0.717, 1.165) is 11.1 Å². The monoisotopic (exact) mass is 453 g/mol. The average Bonchev–Trinajstić information content (AvgIpc) is 2.71. The van der Waals surface area contributed by atoms with Crippen LogP contribution in [0.3, 0.4) is 0 Å². The highest BCUT2D eigenvalue weighted by atomic mass is 16.7. The summed E-state index contributed by atoms with van der Waals surface area (Å²) in [7, 11) is 0. The Morgan fingerprint density at radius 2 is 1.52 bits per heavy atom. The smallest absolute Gasteiger partial charge is 0.408 e. The van der Waals surface area contributed by atoms with Gasteiger partial charge in [0.1, 0.15) is 5.60 Å². The maximum absolute atomic E-state index is 12.8. The summed E-state index contributed by atoms with van der Waals surface area (Å²) in [6.45, 7) is 9.76. The summed E-state index contributed by atoms with van der Waals surface area (Å²) in [6, 6.07) is 16.6. The van der Waals surface area contributed by atoms with Gasteiger partial charge in [0.25, 0.3) is 5.79 Å². The van der Waals surface area contributed by atoms with Crippen molar-refractivity contribution in [1.82, 2.24) is 5.32 Å². The van der Waals surface area contributed by atoms with Crippen LogP contribution in [0.25, 0.3) is 11.1 Å². The third kappa shape index (κ3) is 5.92. The Bertz CT molecular complexity index is 1020. The summed E-state index contributed by atoms with van der Waals surface area (Å²) >= 11 is 0. The molecule has 2 aromatic carbocycles. The second-order valence-corrected chi connectivity index (χ2v) is 9.91. The van der Waals surface area contributed by atoms with Crippen LogP contribution in [-0.4, -0.2) is 29.4 Å². The number of ether oxygens (including phenoxy) is 3. The van der Waals surface area contributed by atoms with Gasteiger partial charge in [-0.25, -0.2) is 4.79 Å². The minimum atomic E-state index is -1.60. The Hall–Kier alpha value is -3.35. The standard InChI is InChI=1S/C26H31NO6/c1-24(2,3)33-23(30)27-20(16-26(6)21(28)31-25(4,5)32-22(26)29)19-14-10-13-18(15-19)17-11-8-7-9-12-17/h7-15,20H,16H2,1-6H3,(H,27,30)/t20-/m0/s1. The van der Waals surface area contributed by atoms with Gasteiger partial charge in [-0.15, -0.1) is 0 Å². The van der Waals surface area contributed by atoms with Gasteiger partial charge in [-0.3, -0.25) is 9.59 Å². The Labute approximate surface area is 194 Å². The molecule has 1 N–H and O–H groups in total. The quantitative estimate of drug-likeness (QED) is 0.497.